The van der Waals surface area contributed by atoms with E-state index in [0.717, 1.165) is 36.6 Å². The third kappa shape index (κ3) is 3.09. The van der Waals surface area contributed by atoms with Crippen LogP contribution in [0.3, 0.4) is 0 Å². The molecule has 2 aromatic heterocycles. The first kappa shape index (κ1) is 18.2. The van der Waals surface area contributed by atoms with Crippen molar-refractivity contribution in [2.24, 2.45) is 11.8 Å². The van der Waals surface area contributed by atoms with E-state index in [2.05, 4.69) is 49.5 Å². The van der Waals surface area contributed by atoms with Crippen molar-refractivity contribution in [1.29, 1.82) is 0 Å². The summed E-state index contributed by atoms with van der Waals surface area (Å²) in [4.78, 5) is 24.2. The van der Waals surface area contributed by atoms with Crippen LogP contribution in [0.25, 0.3) is 5.78 Å². The molecule has 3 aromatic rings. The predicted molar refractivity (Wildman–Crippen MR) is 109 cm³/mol. The highest BCUT2D eigenvalue weighted by molar-refractivity contribution is 5.77. The van der Waals surface area contributed by atoms with Crippen molar-refractivity contribution < 1.29 is 4.79 Å². The minimum Gasteiger partial charge on any atom is -0.335 e. The lowest BCUT2D eigenvalue weighted by atomic mass is 9.89. The summed E-state index contributed by atoms with van der Waals surface area (Å²) in [5.41, 5.74) is 4.28. The zero-order valence-corrected chi connectivity index (χ0v) is 16.9. The molecule has 5 rings (SSSR count). The summed E-state index contributed by atoms with van der Waals surface area (Å²) in [6, 6.07) is 10.7. The first-order valence-electron chi connectivity index (χ1n) is 10.3. The van der Waals surface area contributed by atoms with Gasteiger partial charge in [-0.15, -0.1) is 0 Å². The second-order valence-corrected chi connectivity index (χ2v) is 8.22. The van der Waals surface area contributed by atoms with Gasteiger partial charge in [-0.25, -0.2) is 9.50 Å². The van der Waals surface area contributed by atoms with E-state index >= 15 is 0 Å². The summed E-state index contributed by atoms with van der Waals surface area (Å²) in [6.45, 7) is 6.84. The summed E-state index contributed by atoms with van der Waals surface area (Å²) >= 11 is 0. The number of aromatic nitrogens is 4. The average Bonchev–Trinajstić information content (AvgIpc) is 3.43. The number of amides is 1. The Hall–Kier alpha value is -2.80. The number of aryl methyl sites for hydroxylation is 2. The van der Waals surface area contributed by atoms with E-state index in [1.807, 2.05) is 19.9 Å². The SMILES string of the molecule is Cc1nc2ncnn2c(C)c1CCC(=O)N1C[C@@H]2CNC[C@@H]2[C@@H]1c1ccccc1. The fraction of sp³-hybridized carbons (Fsp3) is 0.455. The lowest BCUT2D eigenvalue weighted by molar-refractivity contribution is -0.132. The molecule has 1 amide bonds. The van der Waals surface area contributed by atoms with Crippen molar-refractivity contribution in [3.8, 4) is 0 Å². The minimum absolute atomic E-state index is 0.168. The highest BCUT2D eigenvalue weighted by Crippen LogP contribution is 2.42. The van der Waals surface area contributed by atoms with Gasteiger partial charge in [0.25, 0.3) is 5.78 Å². The molecule has 7 nitrogen and oxygen atoms in total. The highest BCUT2D eigenvalue weighted by Gasteiger charge is 2.46. The Morgan fingerprint density at radius 3 is 2.86 bits per heavy atom. The molecule has 7 heteroatoms. The maximum absolute atomic E-state index is 13.3. The van der Waals surface area contributed by atoms with Crippen molar-refractivity contribution in [2.45, 2.75) is 32.7 Å². The van der Waals surface area contributed by atoms with E-state index < -0.39 is 0 Å². The molecule has 4 heterocycles. The van der Waals surface area contributed by atoms with Gasteiger partial charge in [-0.3, -0.25) is 4.79 Å². The van der Waals surface area contributed by atoms with Crippen molar-refractivity contribution in [3.05, 3.63) is 59.2 Å². The summed E-state index contributed by atoms with van der Waals surface area (Å²) < 4.78 is 1.76. The van der Waals surface area contributed by atoms with Gasteiger partial charge in [-0.1, -0.05) is 30.3 Å². The molecule has 0 unspecified atom stereocenters. The van der Waals surface area contributed by atoms with Gasteiger partial charge in [-0.05, 0) is 37.3 Å². The summed E-state index contributed by atoms with van der Waals surface area (Å²) in [5.74, 6) is 1.88. The number of rotatable bonds is 4. The third-order valence-electron chi connectivity index (χ3n) is 6.60. The fourth-order valence-corrected chi connectivity index (χ4v) is 5.15. The molecule has 0 saturated carbocycles. The monoisotopic (exact) mass is 390 g/mol. The minimum atomic E-state index is 0.168. The normalized spacial score (nSPS) is 23.7. The maximum atomic E-state index is 13.3. The topological polar surface area (TPSA) is 75.4 Å². The molecule has 0 aliphatic carbocycles. The Morgan fingerprint density at radius 1 is 1.21 bits per heavy atom. The number of benzene rings is 1. The molecular weight excluding hydrogens is 364 g/mol. The van der Waals surface area contributed by atoms with Crippen LogP contribution in [0.4, 0.5) is 0 Å². The Morgan fingerprint density at radius 2 is 2.03 bits per heavy atom. The van der Waals surface area contributed by atoms with E-state index in [1.54, 1.807) is 4.52 Å². The molecule has 0 bridgehead atoms. The van der Waals surface area contributed by atoms with Crippen LogP contribution in [0.15, 0.2) is 36.7 Å². The van der Waals surface area contributed by atoms with Gasteiger partial charge in [-0.2, -0.15) is 10.1 Å². The number of nitrogens with one attached hydrogen (secondary N) is 1. The lowest BCUT2D eigenvalue weighted by Gasteiger charge is -2.28. The Kier molecular flexibility index (Phi) is 4.54. The van der Waals surface area contributed by atoms with Gasteiger partial charge >= 0.3 is 0 Å². The molecule has 0 radical (unpaired) electrons. The average molecular weight is 390 g/mol. The predicted octanol–water partition coefficient (Wildman–Crippen LogP) is 2.09. The van der Waals surface area contributed by atoms with E-state index in [4.69, 9.17) is 0 Å². The highest BCUT2D eigenvalue weighted by atomic mass is 16.2. The Labute approximate surface area is 170 Å². The molecule has 1 aromatic carbocycles. The van der Waals surface area contributed by atoms with Crippen LogP contribution < -0.4 is 5.32 Å². The molecular formula is C22H26N6O. The van der Waals surface area contributed by atoms with Crippen LogP contribution in [-0.2, 0) is 11.2 Å². The van der Waals surface area contributed by atoms with E-state index in [9.17, 15) is 4.79 Å². The van der Waals surface area contributed by atoms with Crippen LogP contribution in [0.5, 0.6) is 0 Å². The number of hydrogen-bond acceptors (Lipinski definition) is 5. The van der Waals surface area contributed by atoms with Gasteiger partial charge in [0, 0.05) is 43.4 Å². The molecule has 2 aliphatic rings. The van der Waals surface area contributed by atoms with E-state index in [-0.39, 0.29) is 11.9 Å². The van der Waals surface area contributed by atoms with Crippen molar-refractivity contribution in [3.63, 3.8) is 0 Å². The van der Waals surface area contributed by atoms with Crippen LogP contribution in [-0.4, -0.2) is 50.0 Å². The molecule has 2 fully saturated rings. The quantitative estimate of drug-likeness (QED) is 0.738. The van der Waals surface area contributed by atoms with E-state index in [0.29, 0.717) is 30.5 Å². The lowest BCUT2D eigenvalue weighted by Crippen LogP contribution is -2.34. The maximum Gasteiger partial charge on any atom is 0.252 e. The van der Waals surface area contributed by atoms with E-state index in [1.165, 1.54) is 11.9 Å². The number of carbonyl (C=O) groups is 1. The van der Waals surface area contributed by atoms with Gasteiger partial charge in [0.2, 0.25) is 5.91 Å². The van der Waals surface area contributed by atoms with Crippen molar-refractivity contribution >= 4 is 11.7 Å². The molecule has 2 saturated heterocycles. The summed E-state index contributed by atoms with van der Waals surface area (Å²) in [7, 11) is 0. The molecule has 150 valence electrons. The van der Waals surface area contributed by atoms with Gasteiger partial charge in [0.05, 0.1) is 6.04 Å². The molecule has 29 heavy (non-hydrogen) atoms. The zero-order valence-electron chi connectivity index (χ0n) is 16.9. The number of hydrogen-bond donors (Lipinski definition) is 1. The van der Waals surface area contributed by atoms with Crippen LogP contribution >= 0.6 is 0 Å². The van der Waals surface area contributed by atoms with Gasteiger partial charge in [0.1, 0.15) is 6.33 Å². The largest absolute Gasteiger partial charge is 0.335 e. The molecule has 3 atom stereocenters. The fourth-order valence-electron chi connectivity index (χ4n) is 5.15. The van der Waals surface area contributed by atoms with Gasteiger partial charge in [0.15, 0.2) is 0 Å². The Balaban J connectivity index is 1.38. The van der Waals surface area contributed by atoms with Crippen LogP contribution in [0, 0.1) is 25.7 Å². The number of carbonyl (C=O) groups excluding carboxylic acids is 1. The standard InChI is InChI=1S/C22H26N6O/c1-14-18(15(2)28-22(26-14)24-13-25-28)8-9-20(29)27-12-17-10-23-11-19(17)21(27)16-6-4-3-5-7-16/h3-7,13,17,19,21,23H,8-12H2,1-2H3/t17-,19-,21-/m0/s1. The first-order chi connectivity index (χ1) is 14.1. The number of fused-ring (bicyclic) bond motifs is 2. The van der Waals surface area contributed by atoms with Crippen LogP contribution in [0.1, 0.15) is 35.0 Å². The van der Waals surface area contributed by atoms with Crippen molar-refractivity contribution in [1.82, 2.24) is 29.8 Å². The second-order valence-electron chi connectivity index (χ2n) is 8.22. The molecule has 0 spiro atoms. The van der Waals surface area contributed by atoms with Crippen molar-refractivity contribution in [2.75, 3.05) is 19.6 Å². The molecule has 1 N–H and O–H groups in total. The first-order valence-corrected chi connectivity index (χ1v) is 10.3. The smallest absolute Gasteiger partial charge is 0.252 e. The number of likely N-dealkylation sites (tertiary alicyclic amines) is 1. The van der Waals surface area contributed by atoms with Crippen LogP contribution in [0.2, 0.25) is 0 Å². The number of nitrogens with zero attached hydrogens (tertiary/aromatic N) is 5. The summed E-state index contributed by atoms with van der Waals surface area (Å²) in [6.07, 6.45) is 2.68. The summed E-state index contributed by atoms with van der Waals surface area (Å²) in [5, 5.41) is 7.76. The third-order valence-corrected chi connectivity index (χ3v) is 6.60. The molecule has 2 aliphatic heterocycles. The van der Waals surface area contributed by atoms with Gasteiger partial charge < -0.3 is 10.2 Å². The Bertz CT molecular complexity index is 1050. The zero-order chi connectivity index (χ0) is 20.0. The second kappa shape index (κ2) is 7.22.